The molecule has 26 heavy (non-hydrogen) atoms. The van der Waals surface area contributed by atoms with Crippen LogP contribution in [0.5, 0.6) is 0 Å². The van der Waals surface area contributed by atoms with Gasteiger partial charge in [0.05, 0.1) is 0 Å². The summed E-state index contributed by atoms with van der Waals surface area (Å²) >= 11 is 0. The predicted octanol–water partition coefficient (Wildman–Crippen LogP) is 3.10. The highest BCUT2D eigenvalue weighted by molar-refractivity contribution is 6.16. The lowest BCUT2D eigenvalue weighted by atomic mass is 10.1. The van der Waals surface area contributed by atoms with Crippen LogP contribution in [0.1, 0.15) is 18.1 Å². The normalized spacial score (nSPS) is 17.0. The first-order chi connectivity index (χ1) is 12.4. The molecule has 1 atom stereocenters. The van der Waals surface area contributed by atoms with Crippen molar-refractivity contribution in [2.75, 3.05) is 16.8 Å². The lowest BCUT2D eigenvalue weighted by Crippen LogP contribution is -2.39. The van der Waals surface area contributed by atoms with Crippen LogP contribution in [0.2, 0.25) is 0 Å². The summed E-state index contributed by atoms with van der Waals surface area (Å²) < 4.78 is 0. The van der Waals surface area contributed by atoms with Crippen molar-refractivity contribution < 1.29 is 14.4 Å². The molecule has 1 fully saturated rings. The molecule has 0 saturated carbocycles. The fourth-order valence-electron chi connectivity index (χ4n) is 3.19. The molecule has 134 valence electrons. The fraction of sp³-hybridized carbons (Fsp3) is 0.250. The Morgan fingerprint density at radius 3 is 2.27 bits per heavy atom. The monoisotopic (exact) mass is 351 g/mol. The van der Waals surface area contributed by atoms with Crippen molar-refractivity contribution in [2.45, 2.75) is 26.8 Å². The number of anilines is 2. The number of carbonyl (C=O) groups excluding carboxylic acids is 3. The minimum atomic E-state index is -0.640. The van der Waals surface area contributed by atoms with E-state index >= 15 is 0 Å². The molecular formula is C20H21N3O3. The smallest absolute Gasteiger partial charge is 0.325 e. The van der Waals surface area contributed by atoms with E-state index in [1.807, 2.05) is 38.1 Å². The lowest BCUT2D eigenvalue weighted by Gasteiger charge is -2.19. The van der Waals surface area contributed by atoms with Crippen molar-refractivity contribution in [1.29, 1.82) is 0 Å². The van der Waals surface area contributed by atoms with E-state index in [4.69, 9.17) is 0 Å². The number of hydrogen-bond donors (Lipinski definition) is 1. The molecule has 0 spiro atoms. The quantitative estimate of drug-likeness (QED) is 0.861. The number of benzene rings is 2. The Morgan fingerprint density at radius 2 is 1.65 bits per heavy atom. The standard InChI is InChI=1S/C20H21N3O3/c1-13-9-14(2)11-16(10-13)21-18(24)12-22-19(25)15(3)23(20(22)26)17-7-5-4-6-8-17/h4-11,15H,12H2,1-3H3,(H,21,24)/t15-/m0/s1. The van der Waals surface area contributed by atoms with Crippen molar-refractivity contribution in [3.8, 4) is 0 Å². The van der Waals surface area contributed by atoms with Gasteiger partial charge in [-0.05, 0) is 56.2 Å². The van der Waals surface area contributed by atoms with Gasteiger partial charge < -0.3 is 5.32 Å². The number of nitrogens with zero attached hydrogens (tertiary/aromatic N) is 2. The minimum Gasteiger partial charge on any atom is -0.325 e. The second-order valence-corrected chi connectivity index (χ2v) is 6.51. The molecule has 6 heteroatoms. The summed E-state index contributed by atoms with van der Waals surface area (Å²) in [6.07, 6.45) is 0. The van der Waals surface area contributed by atoms with E-state index in [0.717, 1.165) is 16.0 Å². The Balaban J connectivity index is 1.74. The Morgan fingerprint density at radius 1 is 1.04 bits per heavy atom. The second-order valence-electron chi connectivity index (χ2n) is 6.51. The molecule has 0 radical (unpaired) electrons. The molecule has 1 aliphatic heterocycles. The molecule has 1 aliphatic rings. The molecule has 0 aromatic heterocycles. The molecule has 4 amide bonds. The molecule has 2 aromatic rings. The van der Waals surface area contributed by atoms with Gasteiger partial charge in [0.1, 0.15) is 12.6 Å². The highest BCUT2D eigenvalue weighted by Gasteiger charge is 2.43. The molecule has 1 heterocycles. The average molecular weight is 351 g/mol. The van der Waals surface area contributed by atoms with Crippen molar-refractivity contribution in [3.05, 3.63) is 59.7 Å². The molecule has 1 N–H and O–H groups in total. The first-order valence-corrected chi connectivity index (χ1v) is 8.44. The van der Waals surface area contributed by atoms with E-state index in [1.54, 1.807) is 31.2 Å². The zero-order valence-corrected chi connectivity index (χ0v) is 15.0. The maximum atomic E-state index is 12.7. The van der Waals surface area contributed by atoms with Crippen molar-refractivity contribution >= 4 is 29.2 Å². The molecule has 0 unspecified atom stereocenters. The summed E-state index contributed by atoms with van der Waals surface area (Å²) in [5.41, 5.74) is 3.34. The van der Waals surface area contributed by atoms with Gasteiger partial charge in [0.2, 0.25) is 5.91 Å². The van der Waals surface area contributed by atoms with E-state index < -0.39 is 18.0 Å². The molecule has 3 rings (SSSR count). The van der Waals surface area contributed by atoms with Crippen LogP contribution in [0.3, 0.4) is 0 Å². The number of para-hydroxylation sites is 1. The zero-order chi connectivity index (χ0) is 18.8. The van der Waals surface area contributed by atoms with Crippen LogP contribution < -0.4 is 10.2 Å². The number of hydrogen-bond acceptors (Lipinski definition) is 3. The SMILES string of the molecule is Cc1cc(C)cc(NC(=O)CN2C(=O)[C@H](C)N(c3ccccc3)C2=O)c1. The Labute approximate surface area is 152 Å². The second kappa shape index (κ2) is 7.00. The number of amides is 4. The fourth-order valence-corrected chi connectivity index (χ4v) is 3.19. The molecule has 2 aromatic carbocycles. The summed E-state index contributed by atoms with van der Waals surface area (Å²) in [6.45, 7) is 5.23. The molecule has 1 saturated heterocycles. The van der Waals surface area contributed by atoms with Gasteiger partial charge in [-0.2, -0.15) is 0 Å². The number of carbonyl (C=O) groups is 3. The Bertz CT molecular complexity index is 844. The van der Waals surface area contributed by atoms with Crippen molar-refractivity contribution in [3.63, 3.8) is 0 Å². The van der Waals surface area contributed by atoms with E-state index in [2.05, 4.69) is 5.32 Å². The largest absolute Gasteiger partial charge is 0.332 e. The third kappa shape index (κ3) is 3.44. The van der Waals surface area contributed by atoms with E-state index in [1.165, 1.54) is 4.90 Å². The van der Waals surface area contributed by atoms with E-state index in [-0.39, 0.29) is 12.5 Å². The molecule has 0 aliphatic carbocycles. The van der Waals surface area contributed by atoms with Gasteiger partial charge in [0.25, 0.3) is 5.91 Å². The number of nitrogens with one attached hydrogen (secondary N) is 1. The number of aryl methyl sites for hydroxylation is 2. The van der Waals surface area contributed by atoms with E-state index in [9.17, 15) is 14.4 Å². The van der Waals surface area contributed by atoms with E-state index in [0.29, 0.717) is 11.4 Å². The van der Waals surface area contributed by atoms with Gasteiger partial charge in [-0.15, -0.1) is 0 Å². The Kier molecular flexibility index (Phi) is 4.75. The summed E-state index contributed by atoms with van der Waals surface area (Å²) in [4.78, 5) is 39.9. The van der Waals surface area contributed by atoms with Crippen LogP contribution in [0, 0.1) is 13.8 Å². The highest BCUT2D eigenvalue weighted by atomic mass is 16.2. The van der Waals surface area contributed by atoms with Crippen LogP contribution in [-0.4, -0.2) is 35.3 Å². The first-order valence-electron chi connectivity index (χ1n) is 8.44. The van der Waals surface area contributed by atoms with Crippen LogP contribution >= 0.6 is 0 Å². The van der Waals surface area contributed by atoms with Crippen LogP contribution in [0.15, 0.2) is 48.5 Å². The third-order valence-electron chi connectivity index (χ3n) is 4.29. The van der Waals surface area contributed by atoms with Gasteiger partial charge in [0, 0.05) is 11.4 Å². The number of urea groups is 1. The Hall–Kier alpha value is -3.15. The van der Waals surface area contributed by atoms with Crippen LogP contribution in [0.25, 0.3) is 0 Å². The predicted molar refractivity (Wildman–Crippen MR) is 100 cm³/mol. The van der Waals surface area contributed by atoms with Crippen LogP contribution in [0.4, 0.5) is 16.2 Å². The molecule has 0 bridgehead atoms. The lowest BCUT2D eigenvalue weighted by molar-refractivity contribution is -0.130. The third-order valence-corrected chi connectivity index (χ3v) is 4.29. The highest BCUT2D eigenvalue weighted by Crippen LogP contribution is 2.25. The summed E-state index contributed by atoms with van der Waals surface area (Å²) in [5.74, 6) is -0.784. The van der Waals surface area contributed by atoms with Crippen molar-refractivity contribution in [2.24, 2.45) is 0 Å². The molecule has 6 nitrogen and oxygen atoms in total. The summed E-state index contributed by atoms with van der Waals surface area (Å²) in [7, 11) is 0. The average Bonchev–Trinajstić information content (AvgIpc) is 2.78. The van der Waals surface area contributed by atoms with Gasteiger partial charge >= 0.3 is 6.03 Å². The first kappa shape index (κ1) is 17.7. The van der Waals surface area contributed by atoms with Gasteiger partial charge in [0.15, 0.2) is 0 Å². The zero-order valence-electron chi connectivity index (χ0n) is 15.0. The summed E-state index contributed by atoms with van der Waals surface area (Å²) in [6, 6.07) is 13.5. The summed E-state index contributed by atoms with van der Waals surface area (Å²) in [5, 5.41) is 2.76. The number of imide groups is 1. The molecular weight excluding hydrogens is 330 g/mol. The van der Waals surface area contributed by atoms with Gasteiger partial charge in [-0.1, -0.05) is 24.3 Å². The van der Waals surface area contributed by atoms with Crippen molar-refractivity contribution in [1.82, 2.24) is 4.90 Å². The maximum Gasteiger partial charge on any atom is 0.332 e. The number of rotatable bonds is 4. The van der Waals surface area contributed by atoms with Gasteiger partial charge in [-0.3, -0.25) is 19.4 Å². The minimum absolute atomic E-state index is 0.307. The van der Waals surface area contributed by atoms with Crippen LogP contribution in [-0.2, 0) is 9.59 Å². The maximum absolute atomic E-state index is 12.7. The van der Waals surface area contributed by atoms with Gasteiger partial charge in [-0.25, -0.2) is 4.79 Å². The topological polar surface area (TPSA) is 69.7 Å².